The van der Waals surface area contributed by atoms with Gasteiger partial charge in [0.05, 0.1) is 24.6 Å². The standard InChI is InChI=1S/C32H44N2O7S/c1-22-9-7-8-12-27(22)29-17-23(13-14-28(29)31(35)33-30(32(36)37)15-16-42(3,38)39)19-34-20-26(18-24(34)21-40-2)41-25-10-5-4-6-11-25/h7-9,12-14,17,24-26,30H,4-6,10-11,15-16,18-21H2,1-3H3,(H,33,35)(H,36,37)/t24-,26+,30+/m1/s1. The fourth-order valence-electron chi connectivity index (χ4n) is 6.11. The molecule has 1 aliphatic heterocycles. The van der Waals surface area contributed by atoms with Crippen molar-refractivity contribution in [1.82, 2.24) is 10.2 Å². The van der Waals surface area contributed by atoms with E-state index < -0.39 is 27.8 Å². The third-order valence-electron chi connectivity index (χ3n) is 8.32. The summed E-state index contributed by atoms with van der Waals surface area (Å²) in [6, 6.07) is 12.3. The Kier molecular flexibility index (Phi) is 11.2. The molecule has 2 N–H and O–H groups in total. The van der Waals surface area contributed by atoms with Gasteiger partial charge < -0.3 is 19.9 Å². The van der Waals surface area contributed by atoms with Crippen LogP contribution in [0.25, 0.3) is 11.1 Å². The van der Waals surface area contributed by atoms with Gasteiger partial charge in [-0.1, -0.05) is 49.6 Å². The van der Waals surface area contributed by atoms with Crippen LogP contribution in [0, 0.1) is 6.92 Å². The quantitative estimate of drug-likeness (QED) is 0.351. The first kappa shape index (κ1) is 32.1. The third-order valence-corrected chi connectivity index (χ3v) is 9.29. The van der Waals surface area contributed by atoms with Crippen molar-refractivity contribution in [3.8, 4) is 11.1 Å². The van der Waals surface area contributed by atoms with E-state index in [2.05, 4.69) is 10.2 Å². The van der Waals surface area contributed by atoms with Gasteiger partial charge in [0.25, 0.3) is 5.91 Å². The SMILES string of the molecule is COC[C@H]1C[C@H](OC2CCCCC2)CN1Cc1ccc(C(=O)N[C@@H](CCS(C)(=O)=O)C(=O)O)c(-c2ccccc2C)c1. The van der Waals surface area contributed by atoms with E-state index in [1.165, 1.54) is 19.3 Å². The Morgan fingerprint density at radius 3 is 2.48 bits per heavy atom. The lowest BCUT2D eigenvalue weighted by atomic mass is 9.93. The van der Waals surface area contributed by atoms with Gasteiger partial charge in [0.2, 0.25) is 0 Å². The van der Waals surface area contributed by atoms with Gasteiger partial charge in [-0.2, -0.15) is 0 Å². The molecule has 0 spiro atoms. The van der Waals surface area contributed by atoms with Gasteiger partial charge in [0, 0.05) is 38.1 Å². The molecule has 4 rings (SSSR count). The van der Waals surface area contributed by atoms with Crippen molar-refractivity contribution in [1.29, 1.82) is 0 Å². The molecule has 42 heavy (non-hydrogen) atoms. The Morgan fingerprint density at radius 1 is 1.07 bits per heavy atom. The van der Waals surface area contributed by atoms with E-state index in [-0.39, 0.29) is 24.3 Å². The van der Waals surface area contributed by atoms with Gasteiger partial charge in [0.1, 0.15) is 15.9 Å². The van der Waals surface area contributed by atoms with Crippen molar-refractivity contribution in [2.45, 2.75) is 82.7 Å². The fraction of sp³-hybridized carbons (Fsp3) is 0.562. The molecule has 2 aromatic rings. The van der Waals surface area contributed by atoms with Crippen molar-refractivity contribution in [3.63, 3.8) is 0 Å². The summed E-state index contributed by atoms with van der Waals surface area (Å²) in [5, 5.41) is 12.2. The number of hydrogen-bond acceptors (Lipinski definition) is 7. The predicted molar refractivity (Wildman–Crippen MR) is 162 cm³/mol. The number of benzene rings is 2. The zero-order valence-electron chi connectivity index (χ0n) is 24.9. The first-order valence-corrected chi connectivity index (χ1v) is 16.9. The number of aliphatic carboxylic acids is 1. The van der Waals surface area contributed by atoms with Crippen LogP contribution in [-0.2, 0) is 30.7 Å². The molecule has 1 saturated carbocycles. The van der Waals surface area contributed by atoms with E-state index in [1.54, 1.807) is 13.2 Å². The van der Waals surface area contributed by atoms with Crippen molar-refractivity contribution in [3.05, 3.63) is 59.2 Å². The van der Waals surface area contributed by atoms with Gasteiger partial charge in [-0.25, -0.2) is 13.2 Å². The number of likely N-dealkylation sites (tertiary alicyclic amines) is 1. The molecule has 0 unspecified atom stereocenters. The van der Waals surface area contributed by atoms with Crippen molar-refractivity contribution in [2.75, 3.05) is 32.3 Å². The van der Waals surface area contributed by atoms with Gasteiger partial charge in [0.15, 0.2) is 0 Å². The van der Waals surface area contributed by atoms with Crippen LogP contribution < -0.4 is 5.32 Å². The number of carbonyl (C=O) groups excluding carboxylic acids is 1. The average Bonchev–Trinajstić information content (AvgIpc) is 3.31. The second-order valence-corrected chi connectivity index (χ2v) is 14.0. The Labute approximate surface area is 249 Å². The lowest BCUT2D eigenvalue weighted by Gasteiger charge is -2.26. The van der Waals surface area contributed by atoms with E-state index in [9.17, 15) is 23.1 Å². The molecule has 1 saturated heterocycles. The number of nitrogens with zero attached hydrogens (tertiary/aromatic N) is 1. The average molecular weight is 601 g/mol. The Balaban J connectivity index is 1.57. The molecule has 9 nitrogen and oxygen atoms in total. The number of carboxylic acids is 1. The van der Waals surface area contributed by atoms with Crippen LogP contribution in [0.1, 0.15) is 66.4 Å². The summed E-state index contributed by atoms with van der Waals surface area (Å²) < 4.78 is 35.3. The highest BCUT2D eigenvalue weighted by molar-refractivity contribution is 7.90. The molecule has 0 aromatic heterocycles. The monoisotopic (exact) mass is 600 g/mol. The first-order valence-electron chi connectivity index (χ1n) is 14.8. The van der Waals surface area contributed by atoms with Crippen LogP contribution in [0.2, 0.25) is 0 Å². The maximum Gasteiger partial charge on any atom is 0.326 e. The zero-order valence-corrected chi connectivity index (χ0v) is 25.7. The number of hydrogen-bond donors (Lipinski definition) is 2. The van der Waals surface area contributed by atoms with Gasteiger partial charge >= 0.3 is 5.97 Å². The van der Waals surface area contributed by atoms with Crippen LogP contribution in [-0.4, -0.2) is 86.9 Å². The predicted octanol–water partition coefficient (Wildman–Crippen LogP) is 4.22. The highest BCUT2D eigenvalue weighted by Crippen LogP contribution is 2.31. The summed E-state index contributed by atoms with van der Waals surface area (Å²) in [7, 11) is -1.67. The first-order chi connectivity index (χ1) is 20.0. The summed E-state index contributed by atoms with van der Waals surface area (Å²) in [5.41, 5.74) is 3.92. The smallest absolute Gasteiger partial charge is 0.326 e. The van der Waals surface area contributed by atoms with E-state index in [0.29, 0.717) is 30.4 Å². The Morgan fingerprint density at radius 2 is 1.81 bits per heavy atom. The molecule has 2 aromatic carbocycles. The molecule has 1 aliphatic carbocycles. The second kappa shape index (κ2) is 14.6. The molecule has 2 aliphatic rings. The minimum Gasteiger partial charge on any atom is -0.480 e. The van der Waals surface area contributed by atoms with Crippen molar-refractivity contribution in [2.24, 2.45) is 0 Å². The lowest BCUT2D eigenvalue weighted by Crippen LogP contribution is -2.42. The number of sulfone groups is 1. The van der Waals surface area contributed by atoms with Crippen LogP contribution in [0.4, 0.5) is 0 Å². The second-order valence-electron chi connectivity index (χ2n) is 11.8. The molecule has 10 heteroatoms. The summed E-state index contributed by atoms with van der Waals surface area (Å²) in [5.74, 6) is -2.16. The highest BCUT2D eigenvalue weighted by atomic mass is 32.2. The minimum absolute atomic E-state index is 0.161. The van der Waals surface area contributed by atoms with Crippen molar-refractivity contribution >= 4 is 21.7 Å². The summed E-state index contributed by atoms with van der Waals surface area (Å²) in [4.78, 5) is 27.7. The summed E-state index contributed by atoms with van der Waals surface area (Å²) in [6.07, 6.45) is 8.26. The molecule has 3 atom stereocenters. The van der Waals surface area contributed by atoms with Crippen LogP contribution in [0.3, 0.4) is 0 Å². The van der Waals surface area contributed by atoms with Gasteiger partial charge in [-0.3, -0.25) is 9.69 Å². The van der Waals surface area contributed by atoms with E-state index >= 15 is 0 Å². The van der Waals surface area contributed by atoms with E-state index in [0.717, 1.165) is 48.8 Å². The largest absolute Gasteiger partial charge is 0.480 e. The fourth-order valence-corrected chi connectivity index (χ4v) is 6.78. The van der Waals surface area contributed by atoms with Crippen LogP contribution in [0.5, 0.6) is 0 Å². The molecule has 1 amide bonds. The maximum atomic E-state index is 13.4. The number of carboxylic acid groups (broad SMARTS) is 1. The molecule has 0 bridgehead atoms. The van der Waals surface area contributed by atoms with Crippen LogP contribution >= 0.6 is 0 Å². The molecule has 0 radical (unpaired) electrons. The number of rotatable bonds is 13. The zero-order chi connectivity index (χ0) is 30.3. The molecule has 230 valence electrons. The molecule has 2 fully saturated rings. The number of ether oxygens (including phenoxy) is 2. The van der Waals surface area contributed by atoms with Gasteiger partial charge in [-0.05, 0) is 67.0 Å². The summed E-state index contributed by atoms with van der Waals surface area (Å²) in [6.45, 7) is 4.05. The Bertz CT molecular complexity index is 1340. The van der Waals surface area contributed by atoms with Crippen molar-refractivity contribution < 1.29 is 32.6 Å². The summed E-state index contributed by atoms with van der Waals surface area (Å²) >= 11 is 0. The van der Waals surface area contributed by atoms with E-state index in [4.69, 9.17) is 9.47 Å². The number of aryl methyl sites for hydroxylation is 1. The topological polar surface area (TPSA) is 122 Å². The number of methoxy groups -OCH3 is 1. The van der Waals surface area contributed by atoms with Crippen LogP contribution in [0.15, 0.2) is 42.5 Å². The number of carbonyl (C=O) groups is 2. The maximum absolute atomic E-state index is 13.4. The third kappa shape index (κ3) is 8.86. The highest BCUT2D eigenvalue weighted by Gasteiger charge is 2.34. The normalized spacial score (nSPS) is 20.8. The minimum atomic E-state index is -3.39. The number of amides is 1. The van der Waals surface area contributed by atoms with E-state index in [1.807, 2.05) is 43.3 Å². The van der Waals surface area contributed by atoms with Gasteiger partial charge in [-0.15, -0.1) is 0 Å². The molecular weight excluding hydrogens is 556 g/mol. The Hall–Kier alpha value is -2.79. The number of nitrogens with one attached hydrogen (secondary N) is 1. The lowest BCUT2D eigenvalue weighted by molar-refractivity contribution is -0.139. The molecule has 1 heterocycles. The molecular formula is C32H44N2O7S.